The second kappa shape index (κ2) is 5.43. The average Bonchev–Trinajstić information content (AvgIpc) is 2.33. The van der Waals surface area contributed by atoms with Crippen LogP contribution in [-0.4, -0.2) is 17.3 Å². The van der Waals surface area contributed by atoms with Gasteiger partial charge in [-0.05, 0) is 53.7 Å². The molecule has 0 atom stereocenters. The highest BCUT2D eigenvalue weighted by Gasteiger charge is 2.20. The van der Waals surface area contributed by atoms with Crippen LogP contribution in [0.1, 0.15) is 25.7 Å². The van der Waals surface area contributed by atoms with Crippen molar-refractivity contribution >= 4 is 28.0 Å². The molecule has 0 bridgehead atoms. The molecule has 86 valence electrons. The van der Waals surface area contributed by atoms with Crippen molar-refractivity contribution < 1.29 is 4.79 Å². The summed E-state index contributed by atoms with van der Waals surface area (Å²) in [5.74, 6) is 1.19. The number of aromatic nitrogens is 1. The molecule has 4 heteroatoms. The topological polar surface area (TPSA) is 42.0 Å². The van der Waals surface area contributed by atoms with Crippen molar-refractivity contribution in [1.82, 2.24) is 4.98 Å². The first-order chi connectivity index (χ1) is 7.78. The van der Waals surface area contributed by atoms with Gasteiger partial charge >= 0.3 is 0 Å². The van der Waals surface area contributed by atoms with Gasteiger partial charge in [0.15, 0.2) is 0 Å². The minimum absolute atomic E-state index is 0.274. The first-order valence-electron chi connectivity index (χ1n) is 5.61. The van der Waals surface area contributed by atoms with Crippen molar-refractivity contribution in [2.75, 3.05) is 5.32 Å². The van der Waals surface area contributed by atoms with Gasteiger partial charge in [0, 0.05) is 22.6 Å². The second-order valence-corrected chi connectivity index (χ2v) is 5.17. The number of pyridine rings is 1. The minimum Gasteiger partial charge on any atom is -0.367 e. The highest BCUT2D eigenvalue weighted by molar-refractivity contribution is 9.10. The zero-order valence-corrected chi connectivity index (χ0v) is 10.6. The lowest BCUT2D eigenvalue weighted by atomic mass is 9.87. The van der Waals surface area contributed by atoms with Crippen LogP contribution >= 0.6 is 15.9 Å². The number of rotatable bonds is 3. The number of nitrogens with zero attached hydrogens (tertiary/aromatic N) is 1. The fraction of sp³-hybridized carbons (Fsp3) is 0.500. The van der Waals surface area contributed by atoms with Crippen LogP contribution in [0, 0.1) is 5.92 Å². The van der Waals surface area contributed by atoms with Crippen molar-refractivity contribution in [1.29, 1.82) is 0 Å². The molecule has 0 aromatic carbocycles. The normalized spacial score (nSPS) is 25.1. The molecule has 0 spiro atoms. The van der Waals surface area contributed by atoms with Crippen molar-refractivity contribution in [3.8, 4) is 0 Å². The molecule has 1 aromatic rings. The molecule has 0 radical (unpaired) electrons. The minimum atomic E-state index is 0.274. The van der Waals surface area contributed by atoms with E-state index in [1.54, 1.807) is 6.20 Å². The van der Waals surface area contributed by atoms with Gasteiger partial charge in [0.25, 0.3) is 0 Å². The van der Waals surface area contributed by atoms with E-state index in [4.69, 9.17) is 0 Å². The molecule has 1 aliphatic rings. The molecule has 0 amide bonds. The first kappa shape index (κ1) is 11.6. The number of nitrogens with one attached hydrogen (secondary N) is 1. The monoisotopic (exact) mass is 282 g/mol. The number of hydrogen-bond donors (Lipinski definition) is 1. The molecular formula is C12H15BrN2O. The third-order valence-corrected chi connectivity index (χ3v) is 3.51. The quantitative estimate of drug-likeness (QED) is 0.867. The van der Waals surface area contributed by atoms with Gasteiger partial charge in [-0.25, -0.2) is 4.98 Å². The van der Waals surface area contributed by atoms with E-state index < -0.39 is 0 Å². The third kappa shape index (κ3) is 3.04. The van der Waals surface area contributed by atoms with Crippen molar-refractivity contribution in [3.05, 3.63) is 22.8 Å². The highest BCUT2D eigenvalue weighted by atomic mass is 79.9. The van der Waals surface area contributed by atoms with Crippen molar-refractivity contribution in [3.63, 3.8) is 0 Å². The summed E-state index contributed by atoms with van der Waals surface area (Å²) < 4.78 is 0.989. The Morgan fingerprint density at radius 1 is 1.31 bits per heavy atom. The highest BCUT2D eigenvalue weighted by Crippen LogP contribution is 2.24. The van der Waals surface area contributed by atoms with E-state index in [9.17, 15) is 4.79 Å². The van der Waals surface area contributed by atoms with Crippen molar-refractivity contribution in [2.45, 2.75) is 31.7 Å². The van der Waals surface area contributed by atoms with E-state index in [1.807, 2.05) is 12.1 Å². The predicted octanol–water partition coefficient (Wildman–Crippen LogP) is 3.01. The van der Waals surface area contributed by atoms with E-state index in [0.717, 1.165) is 42.3 Å². The van der Waals surface area contributed by atoms with Crippen molar-refractivity contribution in [2.24, 2.45) is 5.92 Å². The molecule has 1 N–H and O–H groups in total. The molecule has 0 unspecified atom stereocenters. The molecule has 16 heavy (non-hydrogen) atoms. The van der Waals surface area contributed by atoms with E-state index >= 15 is 0 Å². The van der Waals surface area contributed by atoms with Crippen LogP contribution in [-0.2, 0) is 4.79 Å². The lowest BCUT2D eigenvalue weighted by molar-refractivity contribution is -0.111. The van der Waals surface area contributed by atoms with E-state index in [2.05, 4.69) is 26.2 Å². The van der Waals surface area contributed by atoms with Crippen LogP contribution in [0.3, 0.4) is 0 Å². The SMILES string of the molecule is O=CC1CCC(Nc2ccc(Br)cn2)CC1. The van der Waals surface area contributed by atoms with Crippen LogP contribution < -0.4 is 5.32 Å². The summed E-state index contributed by atoms with van der Waals surface area (Å²) in [6.45, 7) is 0. The Balaban J connectivity index is 1.86. The Hall–Kier alpha value is -0.900. The van der Waals surface area contributed by atoms with Gasteiger partial charge in [-0.15, -0.1) is 0 Å². The summed E-state index contributed by atoms with van der Waals surface area (Å²) in [6, 6.07) is 4.41. The summed E-state index contributed by atoms with van der Waals surface area (Å²) in [6.07, 6.45) is 6.99. The van der Waals surface area contributed by atoms with Gasteiger partial charge in [0.05, 0.1) is 0 Å². The number of aldehydes is 1. The Morgan fingerprint density at radius 2 is 2.06 bits per heavy atom. The maximum absolute atomic E-state index is 10.6. The molecule has 1 fully saturated rings. The van der Waals surface area contributed by atoms with Crippen LogP contribution in [0.15, 0.2) is 22.8 Å². The predicted molar refractivity (Wildman–Crippen MR) is 67.4 cm³/mol. The Kier molecular flexibility index (Phi) is 3.93. The summed E-state index contributed by atoms with van der Waals surface area (Å²) in [5.41, 5.74) is 0. The Bertz CT molecular complexity index is 345. The molecule has 3 nitrogen and oxygen atoms in total. The molecule has 0 aliphatic heterocycles. The second-order valence-electron chi connectivity index (χ2n) is 4.25. The zero-order chi connectivity index (χ0) is 11.4. The summed E-state index contributed by atoms with van der Waals surface area (Å²) in [7, 11) is 0. The molecule has 1 heterocycles. The fourth-order valence-corrected chi connectivity index (χ4v) is 2.30. The first-order valence-corrected chi connectivity index (χ1v) is 6.40. The Morgan fingerprint density at radius 3 is 2.62 bits per heavy atom. The lowest BCUT2D eigenvalue weighted by Gasteiger charge is -2.26. The maximum atomic E-state index is 10.6. The van der Waals surface area contributed by atoms with Gasteiger partial charge in [-0.3, -0.25) is 0 Å². The van der Waals surface area contributed by atoms with Gasteiger partial charge in [0.2, 0.25) is 0 Å². The molecular weight excluding hydrogens is 268 g/mol. The van der Waals surface area contributed by atoms with Gasteiger partial charge in [-0.2, -0.15) is 0 Å². The lowest BCUT2D eigenvalue weighted by Crippen LogP contribution is -2.26. The number of carbonyl (C=O) groups excluding carboxylic acids is 1. The van der Waals surface area contributed by atoms with E-state index in [0.29, 0.717) is 6.04 Å². The average molecular weight is 283 g/mol. The van der Waals surface area contributed by atoms with Gasteiger partial charge in [0.1, 0.15) is 12.1 Å². The van der Waals surface area contributed by atoms with Crippen LogP contribution in [0.25, 0.3) is 0 Å². The summed E-state index contributed by atoms with van der Waals surface area (Å²) in [5, 5.41) is 3.40. The van der Waals surface area contributed by atoms with E-state index in [1.165, 1.54) is 0 Å². The summed E-state index contributed by atoms with van der Waals surface area (Å²) >= 11 is 3.36. The molecule has 1 aromatic heterocycles. The van der Waals surface area contributed by atoms with Gasteiger partial charge in [-0.1, -0.05) is 0 Å². The molecule has 2 rings (SSSR count). The third-order valence-electron chi connectivity index (χ3n) is 3.04. The largest absolute Gasteiger partial charge is 0.367 e. The van der Waals surface area contributed by atoms with Crippen LogP contribution in [0.2, 0.25) is 0 Å². The summed E-state index contributed by atoms with van der Waals surface area (Å²) in [4.78, 5) is 14.9. The molecule has 0 saturated heterocycles. The number of carbonyl (C=O) groups is 1. The number of hydrogen-bond acceptors (Lipinski definition) is 3. The van der Waals surface area contributed by atoms with Crippen LogP contribution in [0.5, 0.6) is 0 Å². The Labute approximate surface area is 104 Å². The maximum Gasteiger partial charge on any atom is 0.126 e. The van der Waals surface area contributed by atoms with E-state index in [-0.39, 0.29) is 5.92 Å². The zero-order valence-electron chi connectivity index (χ0n) is 9.03. The smallest absolute Gasteiger partial charge is 0.126 e. The standard InChI is InChI=1S/C12H15BrN2O/c13-10-3-6-12(14-7-10)15-11-4-1-9(8-16)2-5-11/h3,6-9,11H,1-2,4-5H2,(H,14,15). The number of anilines is 1. The molecule has 1 aliphatic carbocycles. The van der Waals surface area contributed by atoms with Crippen LogP contribution in [0.4, 0.5) is 5.82 Å². The van der Waals surface area contributed by atoms with Gasteiger partial charge < -0.3 is 10.1 Å². The fourth-order valence-electron chi connectivity index (χ4n) is 2.07. The molecule has 1 saturated carbocycles. The number of halogens is 1.